The maximum Gasteiger partial charge on any atom is 0.248 e. The maximum atomic E-state index is 12.3. The number of carbonyl (C=O) groups excluding carboxylic acids is 1. The van der Waals surface area contributed by atoms with Crippen LogP contribution in [0, 0.1) is 0 Å². The van der Waals surface area contributed by atoms with Crippen molar-refractivity contribution >= 4 is 28.9 Å². The molecular weight excluding hydrogens is 362 g/mol. The van der Waals surface area contributed by atoms with Gasteiger partial charge in [0.15, 0.2) is 11.2 Å². The van der Waals surface area contributed by atoms with E-state index in [1.54, 1.807) is 18.3 Å². The summed E-state index contributed by atoms with van der Waals surface area (Å²) in [5.41, 5.74) is 4.89. The summed E-state index contributed by atoms with van der Waals surface area (Å²) in [7, 11) is 0. The zero-order chi connectivity index (χ0) is 20.2. The fourth-order valence-electron chi connectivity index (χ4n) is 2.97. The van der Waals surface area contributed by atoms with E-state index in [1.807, 2.05) is 42.5 Å². The molecule has 0 aliphatic heterocycles. The van der Waals surface area contributed by atoms with Gasteiger partial charge in [-0.15, -0.1) is 0 Å². The molecule has 1 N–H and O–H groups in total. The third-order valence-corrected chi connectivity index (χ3v) is 4.57. The fraction of sp³-hybridized carbons (Fsp3) is 0.125. The second-order valence-corrected chi connectivity index (χ2v) is 7.07. The van der Waals surface area contributed by atoms with Gasteiger partial charge in [0.25, 0.3) is 0 Å². The van der Waals surface area contributed by atoms with Crippen molar-refractivity contribution < 1.29 is 9.21 Å². The van der Waals surface area contributed by atoms with E-state index in [0.717, 1.165) is 11.1 Å². The van der Waals surface area contributed by atoms with E-state index in [0.29, 0.717) is 28.7 Å². The summed E-state index contributed by atoms with van der Waals surface area (Å²) in [5.74, 6) is 0.755. The van der Waals surface area contributed by atoms with E-state index in [9.17, 15) is 4.79 Å². The molecule has 0 aliphatic carbocycles. The highest BCUT2D eigenvalue weighted by Crippen LogP contribution is 2.25. The van der Waals surface area contributed by atoms with Crippen molar-refractivity contribution in [3.63, 3.8) is 0 Å². The highest BCUT2D eigenvalue weighted by Gasteiger charge is 2.09. The molecule has 0 saturated carbocycles. The monoisotopic (exact) mass is 383 g/mol. The van der Waals surface area contributed by atoms with Crippen LogP contribution in [-0.4, -0.2) is 15.9 Å². The van der Waals surface area contributed by atoms with Gasteiger partial charge < -0.3 is 9.73 Å². The number of anilines is 1. The predicted molar refractivity (Wildman–Crippen MR) is 115 cm³/mol. The van der Waals surface area contributed by atoms with E-state index in [-0.39, 0.29) is 5.91 Å². The average Bonchev–Trinajstić information content (AvgIpc) is 3.17. The largest absolute Gasteiger partial charge is 0.434 e. The Morgan fingerprint density at radius 2 is 1.90 bits per heavy atom. The lowest BCUT2D eigenvalue weighted by molar-refractivity contribution is -0.111. The van der Waals surface area contributed by atoms with E-state index in [4.69, 9.17) is 4.42 Å². The molecule has 4 aromatic rings. The molecule has 0 fully saturated rings. The van der Waals surface area contributed by atoms with Crippen molar-refractivity contribution in [3.05, 3.63) is 84.1 Å². The van der Waals surface area contributed by atoms with Crippen molar-refractivity contribution in [1.82, 2.24) is 9.97 Å². The van der Waals surface area contributed by atoms with E-state index in [2.05, 4.69) is 41.3 Å². The molecule has 2 heterocycles. The van der Waals surface area contributed by atoms with Gasteiger partial charge in [-0.05, 0) is 53.5 Å². The number of oxazole rings is 1. The third-order valence-electron chi connectivity index (χ3n) is 4.57. The van der Waals surface area contributed by atoms with Gasteiger partial charge in [0, 0.05) is 23.5 Å². The molecule has 0 bridgehead atoms. The Bertz CT molecular complexity index is 1140. The molecular formula is C24H21N3O2. The van der Waals surface area contributed by atoms with Crippen molar-refractivity contribution in [1.29, 1.82) is 0 Å². The highest BCUT2D eigenvalue weighted by molar-refractivity contribution is 6.02. The molecule has 5 heteroatoms. The molecule has 1 amide bonds. The lowest BCUT2D eigenvalue weighted by Crippen LogP contribution is -2.07. The first-order chi connectivity index (χ1) is 14.1. The fourth-order valence-corrected chi connectivity index (χ4v) is 2.97. The standard InChI is InChI=1S/C24H21N3O2/c1-16(2)18-11-8-17(9-12-18)10-13-22(28)26-20-6-3-5-19(15-20)24-27-23-21(29-24)7-4-14-25-23/h3-16H,1-2H3,(H,26,28). The third kappa shape index (κ3) is 4.41. The number of hydrogen-bond donors (Lipinski definition) is 1. The average molecular weight is 383 g/mol. The quantitative estimate of drug-likeness (QED) is 0.451. The second kappa shape index (κ2) is 8.10. The lowest BCUT2D eigenvalue weighted by atomic mass is 10.0. The first-order valence-electron chi connectivity index (χ1n) is 9.49. The molecule has 2 aromatic heterocycles. The number of hydrogen-bond acceptors (Lipinski definition) is 4. The smallest absolute Gasteiger partial charge is 0.248 e. The van der Waals surface area contributed by atoms with Gasteiger partial charge in [-0.1, -0.05) is 44.2 Å². The Labute approximate surface area is 169 Å². The summed E-state index contributed by atoms with van der Waals surface area (Å²) < 4.78 is 5.75. The number of amides is 1. The first kappa shape index (κ1) is 18.6. The van der Waals surface area contributed by atoms with Crippen LogP contribution in [0.5, 0.6) is 0 Å². The Hall–Kier alpha value is -3.73. The Balaban J connectivity index is 1.46. The summed E-state index contributed by atoms with van der Waals surface area (Å²) in [4.78, 5) is 20.9. The van der Waals surface area contributed by atoms with Crippen LogP contribution >= 0.6 is 0 Å². The number of nitrogens with zero attached hydrogens (tertiary/aromatic N) is 2. The van der Waals surface area contributed by atoms with E-state index in [1.165, 1.54) is 11.6 Å². The van der Waals surface area contributed by atoms with Gasteiger partial charge in [0.2, 0.25) is 11.8 Å². The molecule has 0 spiro atoms. The molecule has 5 nitrogen and oxygen atoms in total. The normalized spacial score (nSPS) is 11.4. The first-order valence-corrected chi connectivity index (χ1v) is 9.49. The van der Waals surface area contributed by atoms with Crippen molar-refractivity contribution in [2.75, 3.05) is 5.32 Å². The lowest BCUT2D eigenvalue weighted by Gasteiger charge is -2.05. The molecule has 0 atom stereocenters. The van der Waals surface area contributed by atoms with Crippen LogP contribution in [0.2, 0.25) is 0 Å². The van der Waals surface area contributed by atoms with Crippen LogP contribution in [-0.2, 0) is 4.79 Å². The van der Waals surface area contributed by atoms with Crippen LogP contribution in [0.4, 0.5) is 5.69 Å². The number of aromatic nitrogens is 2. The Morgan fingerprint density at radius 3 is 2.66 bits per heavy atom. The van der Waals surface area contributed by atoms with Gasteiger partial charge in [-0.3, -0.25) is 4.79 Å². The summed E-state index contributed by atoms with van der Waals surface area (Å²) >= 11 is 0. The second-order valence-electron chi connectivity index (χ2n) is 7.07. The number of rotatable bonds is 5. The number of pyridine rings is 1. The predicted octanol–water partition coefficient (Wildman–Crippen LogP) is 5.67. The molecule has 0 saturated heterocycles. The van der Waals surface area contributed by atoms with Gasteiger partial charge in [0.05, 0.1) is 0 Å². The molecule has 2 aromatic carbocycles. The van der Waals surface area contributed by atoms with Crippen LogP contribution in [0.25, 0.3) is 28.8 Å². The minimum Gasteiger partial charge on any atom is -0.434 e. The van der Waals surface area contributed by atoms with Gasteiger partial charge in [-0.2, -0.15) is 4.98 Å². The summed E-state index contributed by atoms with van der Waals surface area (Å²) in [6, 6.07) is 19.2. The van der Waals surface area contributed by atoms with E-state index >= 15 is 0 Å². The van der Waals surface area contributed by atoms with Gasteiger partial charge in [-0.25, -0.2) is 4.98 Å². The molecule has 4 rings (SSSR count). The highest BCUT2D eigenvalue weighted by atomic mass is 16.3. The van der Waals surface area contributed by atoms with Crippen LogP contribution in [0.1, 0.15) is 30.9 Å². The minimum atomic E-state index is -0.200. The Morgan fingerprint density at radius 1 is 1.07 bits per heavy atom. The number of carbonyl (C=O) groups is 1. The molecule has 0 unspecified atom stereocenters. The molecule has 144 valence electrons. The molecule has 0 aliphatic rings. The summed E-state index contributed by atoms with van der Waals surface area (Å²) in [5, 5.41) is 2.87. The molecule has 0 radical (unpaired) electrons. The maximum absolute atomic E-state index is 12.3. The number of nitrogens with one attached hydrogen (secondary N) is 1. The zero-order valence-corrected chi connectivity index (χ0v) is 16.3. The number of benzene rings is 2. The minimum absolute atomic E-state index is 0.200. The van der Waals surface area contributed by atoms with Crippen LogP contribution < -0.4 is 5.32 Å². The van der Waals surface area contributed by atoms with Crippen LogP contribution in [0.15, 0.2) is 77.4 Å². The van der Waals surface area contributed by atoms with Gasteiger partial charge in [0.1, 0.15) is 0 Å². The molecule has 29 heavy (non-hydrogen) atoms. The van der Waals surface area contributed by atoms with Crippen molar-refractivity contribution in [2.45, 2.75) is 19.8 Å². The zero-order valence-electron chi connectivity index (χ0n) is 16.3. The summed E-state index contributed by atoms with van der Waals surface area (Å²) in [6.45, 7) is 4.31. The van der Waals surface area contributed by atoms with Crippen molar-refractivity contribution in [3.8, 4) is 11.5 Å². The SMILES string of the molecule is CC(C)c1ccc(C=CC(=O)Nc2cccc(-c3nc4ncccc4o3)c2)cc1. The Kier molecular flexibility index (Phi) is 5.20. The summed E-state index contributed by atoms with van der Waals surface area (Å²) in [6.07, 6.45) is 5.00. The van der Waals surface area contributed by atoms with Gasteiger partial charge >= 0.3 is 0 Å². The van der Waals surface area contributed by atoms with Crippen molar-refractivity contribution in [2.24, 2.45) is 0 Å². The number of fused-ring (bicyclic) bond motifs is 1. The topological polar surface area (TPSA) is 68.0 Å². The van der Waals surface area contributed by atoms with E-state index < -0.39 is 0 Å². The van der Waals surface area contributed by atoms with Crippen LogP contribution in [0.3, 0.4) is 0 Å².